The van der Waals surface area contributed by atoms with Gasteiger partial charge in [0.15, 0.2) is 0 Å². The SMILES string of the molecule is CN(Cc1cccc(C#CCCO)c1)C(=O)c1cccs1. The lowest BCUT2D eigenvalue weighted by atomic mass is 10.1. The summed E-state index contributed by atoms with van der Waals surface area (Å²) in [6.45, 7) is 0.622. The van der Waals surface area contributed by atoms with Gasteiger partial charge in [-0.05, 0) is 29.1 Å². The Labute approximate surface area is 128 Å². The van der Waals surface area contributed by atoms with E-state index in [-0.39, 0.29) is 12.5 Å². The molecule has 0 bridgehead atoms. The van der Waals surface area contributed by atoms with E-state index in [1.807, 2.05) is 41.8 Å². The smallest absolute Gasteiger partial charge is 0.263 e. The number of carbonyl (C=O) groups is 1. The van der Waals surface area contributed by atoms with Gasteiger partial charge >= 0.3 is 0 Å². The first kappa shape index (κ1) is 15.3. The summed E-state index contributed by atoms with van der Waals surface area (Å²) < 4.78 is 0. The van der Waals surface area contributed by atoms with Crippen LogP contribution < -0.4 is 0 Å². The lowest BCUT2D eigenvalue weighted by Gasteiger charge is -2.16. The molecular weight excluding hydrogens is 282 g/mol. The normalized spacial score (nSPS) is 9.81. The van der Waals surface area contributed by atoms with Crippen LogP contribution in [0, 0.1) is 11.8 Å². The van der Waals surface area contributed by atoms with E-state index in [9.17, 15) is 4.79 Å². The first-order valence-electron chi connectivity index (χ1n) is 6.68. The van der Waals surface area contributed by atoms with Crippen LogP contribution in [0.3, 0.4) is 0 Å². The second-order valence-corrected chi connectivity index (χ2v) is 5.56. The fourth-order valence-corrected chi connectivity index (χ4v) is 2.62. The minimum atomic E-state index is 0.0294. The highest BCUT2D eigenvalue weighted by atomic mass is 32.1. The summed E-state index contributed by atoms with van der Waals surface area (Å²) in [6, 6.07) is 11.5. The largest absolute Gasteiger partial charge is 0.395 e. The quantitative estimate of drug-likeness (QED) is 0.882. The zero-order valence-corrected chi connectivity index (χ0v) is 12.7. The fourth-order valence-electron chi connectivity index (χ4n) is 1.90. The van der Waals surface area contributed by atoms with Crippen molar-refractivity contribution in [3.8, 4) is 11.8 Å². The third kappa shape index (κ3) is 4.45. The molecule has 1 heterocycles. The highest BCUT2D eigenvalue weighted by Crippen LogP contribution is 2.14. The van der Waals surface area contributed by atoms with Gasteiger partial charge in [0.1, 0.15) is 0 Å². The Morgan fingerprint density at radius 2 is 2.19 bits per heavy atom. The summed E-state index contributed by atoms with van der Waals surface area (Å²) in [5.41, 5.74) is 1.94. The predicted octanol–water partition coefficient (Wildman–Crippen LogP) is 2.75. The second kappa shape index (κ2) is 7.63. The van der Waals surface area contributed by atoms with Gasteiger partial charge in [-0.2, -0.15) is 0 Å². The molecule has 4 heteroatoms. The first-order chi connectivity index (χ1) is 10.2. The van der Waals surface area contributed by atoms with Crippen molar-refractivity contribution in [2.45, 2.75) is 13.0 Å². The number of thiophene rings is 1. The van der Waals surface area contributed by atoms with Crippen molar-refractivity contribution in [3.05, 3.63) is 57.8 Å². The number of aliphatic hydroxyl groups excluding tert-OH is 1. The molecule has 0 atom stereocenters. The van der Waals surface area contributed by atoms with Gasteiger partial charge in [0.25, 0.3) is 5.91 Å². The Hall–Kier alpha value is -2.09. The zero-order valence-electron chi connectivity index (χ0n) is 11.9. The maximum atomic E-state index is 12.2. The maximum absolute atomic E-state index is 12.2. The van der Waals surface area contributed by atoms with E-state index in [0.29, 0.717) is 13.0 Å². The summed E-state index contributed by atoms with van der Waals surface area (Å²) in [5, 5.41) is 10.6. The van der Waals surface area contributed by atoms with Gasteiger partial charge in [-0.15, -0.1) is 11.3 Å². The van der Waals surface area contributed by atoms with Crippen LogP contribution in [-0.4, -0.2) is 29.6 Å². The summed E-state index contributed by atoms with van der Waals surface area (Å²) in [5.74, 6) is 5.93. The number of hydrogen-bond donors (Lipinski definition) is 1. The number of nitrogens with zero attached hydrogens (tertiary/aromatic N) is 1. The Morgan fingerprint density at radius 3 is 2.90 bits per heavy atom. The van der Waals surface area contributed by atoms with Gasteiger partial charge in [0.05, 0.1) is 11.5 Å². The van der Waals surface area contributed by atoms with Crippen LogP contribution in [0.2, 0.25) is 0 Å². The van der Waals surface area contributed by atoms with E-state index in [0.717, 1.165) is 16.0 Å². The number of aliphatic hydroxyl groups is 1. The molecule has 0 saturated heterocycles. The minimum absolute atomic E-state index is 0.0294. The molecule has 0 aliphatic carbocycles. The van der Waals surface area contributed by atoms with Crippen LogP contribution in [-0.2, 0) is 6.54 Å². The molecular formula is C17H17NO2S. The standard InChI is InChI=1S/C17H17NO2S/c1-18(17(20)16-9-5-11-21-16)13-15-8-4-7-14(12-15)6-2-3-10-19/h4-5,7-9,11-12,19H,3,10,13H2,1H3. The molecule has 21 heavy (non-hydrogen) atoms. The van der Waals surface area contributed by atoms with Crippen molar-refractivity contribution < 1.29 is 9.90 Å². The molecule has 0 spiro atoms. The summed E-state index contributed by atoms with van der Waals surface area (Å²) in [7, 11) is 1.80. The van der Waals surface area contributed by atoms with Gasteiger partial charge in [0.2, 0.25) is 0 Å². The van der Waals surface area contributed by atoms with Gasteiger partial charge in [0, 0.05) is 25.6 Å². The third-order valence-corrected chi connectivity index (χ3v) is 3.75. The number of amides is 1. The highest BCUT2D eigenvalue weighted by molar-refractivity contribution is 7.12. The van der Waals surface area contributed by atoms with Crippen molar-refractivity contribution in [1.82, 2.24) is 4.90 Å². The third-order valence-electron chi connectivity index (χ3n) is 2.89. The Kier molecular flexibility index (Phi) is 5.56. The Bertz CT molecular complexity index is 653. The molecule has 0 unspecified atom stereocenters. The first-order valence-corrected chi connectivity index (χ1v) is 7.56. The van der Waals surface area contributed by atoms with Gasteiger partial charge in [-0.3, -0.25) is 4.79 Å². The Balaban J connectivity index is 2.04. The fraction of sp³-hybridized carbons (Fsp3) is 0.235. The van der Waals surface area contributed by atoms with Crippen molar-refractivity contribution in [2.75, 3.05) is 13.7 Å². The molecule has 0 radical (unpaired) electrons. The van der Waals surface area contributed by atoms with Gasteiger partial charge in [-0.1, -0.05) is 30.0 Å². The van der Waals surface area contributed by atoms with Gasteiger partial charge < -0.3 is 10.0 Å². The zero-order chi connectivity index (χ0) is 15.1. The van der Waals surface area contributed by atoms with Crippen molar-refractivity contribution in [3.63, 3.8) is 0 Å². The van der Waals surface area contributed by atoms with Crippen LogP contribution in [0.1, 0.15) is 27.2 Å². The molecule has 3 nitrogen and oxygen atoms in total. The molecule has 1 aromatic carbocycles. The molecule has 1 N–H and O–H groups in total. The second-order valence-electron chi connectivity index (χ2n) is 4.61. The highest BCUT2D eigenvalue weighted by Gasteiger charge is 2.12. The molecule has 0 saturated carbocycles. The van der Waals surface area contributed by atoms with Gasteiger partial charge in [-0.25, -0.2) is 0 Å². The summed E-state index contributed by atoms with van der Waals surface area (Å²) >= 11 is 1.45. The van der Waals surface area contributed by atoms with Crippen LogP contribution in [0.5, 0.6) is 0 Å². The lowest BCUT2D eigenvalue weighted by molar-refractivity contribution is 0.0790. The minimum Gasteiger partial charge on any atom is -0.395 e. The molecule has 1 amide bonds. The molecule has 0 aliphatic rings. The van der Waals surface area contributed by atoms with Crippen LogP contribution in [0.25, 0.3) is 0 Å². The lowest BCUT2D eigenvalue weighted by Crippen LogP contribution is -2.25. The van der Waals surface area contributed by atoms with E-state index in [1.54, 1.807) is 11.9 Å². The number of benzene rings is 1. The van der Waals surface area contributed by atoms with Crippen LogP contribution in [0.15, 0.2) is 41.8 Å². The average molecular weight is 299 g/mol. The molecule has 2 rings (SSSR count). The van der Waals surface area contributed by atoms with Crippen molar-refractivity contribution >= 4 is 17.2 Å². The van der Waals surface area contributed by atoms with E-state index >= 15 is 0 Å². The van der Waals surface area contributed by atoms with Crippen molar-refractivity contribution in [1.29, 1.82) is 0 Å². The predicted molar refractivity (Wildman–Crippen MR) is 85.1 cm³/mol. The van der Waals surface area contributed by atoms with E-state index in [2.05, 4.69) is 11.8 Å². The average Bonchev–Trinajstić information content (AvgIpc) is 3.01. The molecule has 1 aromatic heterocycles. The van der Waals surface area contributed by atoms with E-state index in [4.69, 9.17) is 5.11 Å². The molecule has 2 aromatic rings. The number of hydrogen-bond acceptors (Lipinski definition) is 3. The molecule has 108 valence electrons. The number of rotatable bonds is 4. The topological polar surface area (TPSA) is 40.5 Å². The summed E-state index contributed by atoms with van der Waals surface area (Å²) in [6.07, 6.45) is 0.473. The van der Waals surface area contributed by atoms with Crippen LogP contribution in [0.4, 0.5) is 0 Å². The van der Waals surface area contributed by atoms with E-state index < -0.39 is 0 Å². The van der Waals surface area contributed by atoms with Crippen LogP contribution >= 0.6 is 11.3 Å². The molecule has 0 aliphatic heterocycles. The maximum Gasteiger partial charge on any atom is 0.263 e. The number of carbonyl (C=O) groups excluding carboxylic acids is 1. The van der Waals surface area contributed by atoms with E-state index in [1.165, 1.54) is 11.3 Å². The molecule has 0 fully saturated rings. The van der Waals surface area contributed by atoms with Crippen molar-refractivity contribution in [2.24, 2.45) is 0 Å². The monoisotopic (exact) mass is 299 g/mol. The Morgan fingerprint density at radius 1 is 1.33 bits per heavy atom. The summed E-state index contributed by atoms with van der Waals surface area (Å²) in [4.78, 5) is 14.6.